The first-order chi connectivity index (χ1) is 7.81. The maximum atomic E-state index is 5.51. The Morgan fingerprint density at radius 3 is 2.62 bits per heavy atom. The van der Waals surface area contributed by atoms with Crippen LogP contribution in [-0.4, -0.2) is 16.5 Å². The molecule has 3 heteroatoms. The summed E-state index contributed by atoms with van der Waals surface area (Å²) in [6.07, 6.45) is 2.58. The van der Waals surface area contributed by atoms with Crippen LogP contribution in [0.4, 0.5) is 0 Å². The van der Waals surface area contributed by atoms with Crippen LogP contribution in [0.1, 0.15) is 11.4 Å². The van der Waals surface area contributed by atoms with Crippen molar-refractivity contribution in [3.8, 4) is 11.3 Å². The molecule has 0 aliphatic carbocycles. The van der Waals surface area contributed by atoms with E-state index in [-0.39, 0.29) is 0 Å². The second-order valence-corrected chi connectivity index (χ2v) is 3.72. The summed E-state index contributed by atoms with van der Waals surface area (Å²) in [6, 6.07) is 10.1. The molecule has 82 valence electrons. The Morgan fingerprint density at radius 1 is 1.19 bits per heavy atom. The molecule has 1 heterocycles. The van der Waals surface area contributed by atoms with Crippen LogP contribution < -0.4 is 5.73 Å². The van der Waals surface area contributed by atoms with Crippen LogP contribution in [0.15, 0.2) is 36.5 Å². The average molecular weight is 213 g/mol. The number of nitrogens with two attached hydrogens (primary N) is 1. The molecule has 2 rings (SSSR count). The molecular formula is C13H15N3. The summed E-state index contributed by atoms with van der Waals surface area (Å²) in [4.78, 5) is 8.80. The maximum absolute atomic E-state index is 5.51. The molecule has 0 aliphatic heterocycles. The lowest BCUT2D eigenvalue weighted by molar-refractivity contribution is 0.865. The molecule has 16 heavy (non-hydrogen) atoms. The van der Waals surface area contributed by atoms with Crippen molar-refractivity contribution in [2.75, 3.05) is 6.54 Å². The summed E-state index contributed by atoms with van der Waals surface area (Å²) in [5, 5.41) is 0. The number of nitrogens with zero attached hydrogens (tertiary/aromatic N) is 2. The number of benzene rings is 1. The van der Waals surface area contributed by atoms with E-state index < -0.39 is 0 Å². The molecule has 0 unspecified atom stereocenters. The van der Waals surface area contributed by atoms with Gasteiger partial charge in [0.15, 0.2) is 0 Å². The third kappa shape index (κ3) is 2.25. The molecule has 0 fully saturated rings. The summed E-state index contributed by atoms with van der Waals surface area (Å²) < 4.78 is 0. The summed E-state index contributed by atoms with van der Waals surface area (Å²) >= 11 is 0. The predicted octanol–water partition coefficient (Wildman–Crippen LogP) is 1.95. The first-order valence-corrected chi connectivity index (χ1v) is 5.39. The van der Waals surface area contributed by atoms with Crippen molar-refractivity contribution < 1.29 is 0 Å². The molecule has 0 amide bonds. The second-order valence-electron chi connectivity index (χ2n) is 3.72. The van der Waals surface area contributed by atoms with Gasteiger partial charge in [-0.2, -0.15) is 0 Å². The zero-order valence-corrected chi connectivity index (χ0v) is 9.35. The van der Waals surface area contributed by atoms with Gasteiger partial charge in [0.1, 0.15) is 5.82 Å². The standard InChI is InChI=1S/C13H15N3/c1-10-9-15-12(7-8-14)16-13(10)11-5-3-2-4-6-11/h2-6,9H,7-8,14H2,1H3. The van der Waals surface area contributed by atoms with Gasteiger partial charge in [0.2, 0.25) is 0 Å². The Kier molecular flexibility index (Phi) is 3.27. The zero-order chi connectivity index (χ0) is 11.4. The van der Waals surface area contributed by atoms with Crippen molar-refractivity contribution in [3.63, 3.8) is 0 Å². The average Bonchev–Trinajstić information content (AvgIpc) is 2.33. The number of aryl methyl sites for hydroxylation is 1. The van der Waals surface area contributed by atoms with Gasteiger partial charge in [-0.15, -0.1) is 0 Å². The minimum absolute atomic E-state index is 0.581. The summed E-state index contributed by atoms with van der Waals surface area (Å²) in [7, 11) is 0. The third-order valence-electron chi connectivity index (χ3n) is 2.44. The highest BCUT2D eigenvalue weighted by molar-refractivity contribution is 5.62. The SMILES string of the molecule is Cc1cnc(CCN)nc1-c1ccccc1. The summed E-state index contributed by atoms with van der Waals surface area (Å²) in [5.41, 5.74) is 8.72. The minimum Gasteiger partial charge on any atom is -0.330 e. The van der Waals surface area contributed by atoms with Crippen LogP contribution in [0, 0.1) is 6.92 Å². The quantitative estimate of drug-likeness (QED) is 0.847. The van der Waals surface area contributed by atoms with Crippen molar-refractivity contribution in [1.82, 2.24) is 9.97 Å². The monoisotopic (exact) mass is 213 g/mol. The van der Waals surface area contributed by atoms with Crippen LogP contribution in [0.25, 0.3) is 11.3 Å². The van der Waals surface area contributed by atoms with E-state index >= 15 is 0 Å². The molecule has 0 atom stereocenters. The highest BCUT2D eigenvalue weighted by Crippen LogP contribution is 2.19. The highest BCUT2D eigenvalue weighted by atomic mass is 14.9. The molecule has 0 aliphatic rings. The van der Waals surface area contributed by atoms with Gasteiger partial charge >= 0.3 is 0 Å². The van der Waals surface area contributed by atoms with E-state index in [1.54, 1.807) is 0 Å². The second kappa shape index (κ2) is 4.86. The number of hydrogen-bond donors (Lipinski definition) is 1. The van der Waals surface area contributed by atoms with E-state index in [0.717, 1.165) is 29.1 Å². The Labute approximate surface area is 95.4 Å². The van der Waals surface area contributed by atoms with Crippen molar-refractivity contribution in [3.05, 3.63) is 47.9 Å². The van der Waals surface area contributed by atoms with Gasteiger partial charge in [-0.1, -0.05) is 30.3 Å². The fraction of sp³-hybridized carbons (Fsp3) is 0.231. The zero-order valence-electron chi connectivity index (χ0n) is 9.35. The smallest absolute Gasteiger partial charge is 0.130 e. The molecule has 0 radical (unpaired) electrons. The number of aromatic nitrogens is 2. The van der Waals surface area contributed by atoms with Gasteiger partial charge in [0.05, 0.1) is 5.69 Å². The lowest BCUT2D eigenvalue weighted by atomic mass is 10.1. The summed E-state index contributed by atoms with van der Waals surface area (Å²) in [6.45, 7) is 2.60. The van der Waals surface area contributed by atoms with Gasteiger partial charge < -0.3 is 5.73 Å². The molecule has 3 nitrogen and oxygen atoms in total. The molecule has 1 aromatic heterocycles. The van der Waals surface area contributed by atoms with E-state index in [1.807, 2.05) is 31.3 Å². The first-order valence-electron chi connectivity index (χ1n) is 5.39. The Hall–Kier alpha value is -1.74. The third-order valence-corrected chi connectivity index (χ3v) is 2.44. The van der Waals surface area contributed by atoms with Gasteiger partial charge in [-0.05, 0) is 19.0 Å². The molecule has 2 aromatic rings. The van der Waals surface area contributed by atoms with Crippen LogP contribution >= 0.6 is 0 Å². The minimum atomic E-state index is 0.581. The van der Waals surface area contributed by atoms with E-state index in [2.05, 4.69) is 22.1 Å². The number of rotatable bonds is 3. The molecule has 0 saturated carbocycles. The van der Waals surface area contributed by atoms with Crippen LogP contribution in [0.3, 0.4) is 0 Å². The topological polar surface area (TPSA) is 51.8 Å². The van der Waals surface area contributed by atoms with Crippen molar-refractivity contribution in [2.45, 2.75) is 13.3 Å². The molecular weight excluding hydrogens is 198 g/mol. The van der Waals surface area contributed by atoms with Gasteiger partial charge in [0, 0.05) is 18.2 Å². The Morgan fingerprint density at radius 2 is 1.94 bits per heavy atom. The molecule has 1 aromatic carbocycles. The largest absolute Gasteiger partial charge is 0.330 e. The highest BCUT2D eigenvalue weighted by Gasteiger charge is 2.05. The van der Waals surface area contributed by atoms with E-state index in [0.29, 0.717) is 6.54 Å². The van der Waals surface area contributed by atoms with E-state index in [1.165, 1.54) is 0 Å². The normalized spacial score (nSPS) is 10.4. The number of hydrogen-bond acceptors (Lipinski definition) is 3. The molecule has 0 bridgehead atoms. The molecule has 0 spiro atoms. The van der Waals surface area contributed by atoms with E-state index in [9.17, 15) is 0 Å². The summed E-state index contributed by atoms with van der Waals surface area (Å²) in [5.74, 6) is 0.812. The lowest BCUT2D eigenvalue weighted by Gasteiger charge is -2.06. The molecule has 0 saturated heterocycles. The Balaban J connectivity index is 2.43. The Bertz CT molecular complexity index is 466. The van der Waals surface area contributed by atoms with Crippen molar-refractivity contribution in [1.29, 1.82) is 0 Å². The predicted molar refractivity (Wildman–Crippen MR) is 65.0 cm³/mol. The first kappa shape index (κ1) is 10.8. The van der Waals surface area contributed by atoms with Crippen LogP contribution in [0.2, 0.25) is 0 Å². The van der Waals surface area contributed by atoms with Crippen LogP contribution in [-0.2, 0) is 6.42 Å². The van der Waals surface area contributed by atoms with Crippen molar-refractivity contribution in [2.24, 2.45) is 5.73 Å². The van der Waals surface area contributed by atoms with E-state index in [4.69, 9.17) is 5.73 Å². The van der Waals surface area contributed by atoms with Crippen molar-refractivity contribution >= 4 is 0 Å². The fourth-order valence-corrected chi connectivity index (χ4v) is 1.62. The van der Waals surface area contributed by atoms with Gasteiger partial charge in [0.25, 0.3) is 0 Å². The van der Waals surface area contributed by atoms with Gasteiger partial charge in [-0.25, -0.2) is 9.97 Å². The van der Waals surface area contributed by atoms with Crippen LogP contribution in [0.5, 0.6) is 0 Å². The van der Waals surface area contributed by atoms with Gasteiger partial charge in [-0.3, -0.25) is 0 Å². The molecule has 2 N–H and O–H groups in total. The lowest BCUT2D eigenvalue weighted by Crippen LogP contribution is -2.07. The maximum Gasteiger partial charge on any atom is 0.130 e. The fourth-order valence-electron chi connectivity index (χ4n) is 1.62.